The topological polar surface area (TPSA) is 121 Å². The summed E-state index contributed by atoms with van der Waals surface area (Å²) < 4.78 is 12.0. The van der Waals surface area contributed by atoms with Crippen LogP contribution in [0.4, 0.5) is 0 Å². The first-order valence-corrected chi connectivity index (χ1v) is 8.80. The van der Waals surface area contributed by atoms with Gasteiger partial charge in [-0.25, -0.2) is 4.68 Å². The van der Waals surface area contributed by atoms with Crippen LogP contribution >= 0.6 is 0 Å². The van der Waals surface area contributed by atoms with E-state index in [0.29, 0.717) is 35.9 Å². The third-order valence-electron chi connectivity index (χ3n) is 4.06. The zero-order valence-corrected chi connectivity index (χ0v) is 15.5. The number of methoxy groups -OCH3 is 1. The van der Waals surface area contributed by atoms with Gasteiger partial charge in [0.1, 0.15) is 5.75 Å². The van der Waals surface area contributed by atoms with Crippen molar-refractivity contribution in [3.8, 4) is 28.7 Å². The Balaban J connectivity index is 1.35. The molecule has 1 aromatic carbocycles. The van der Waals surface area contributed by atoms with E-state index < -0.39 is 0 Å². The van der Waals surface area contributed by atoms with Crippen LogP contribution in [0.3, 0.4) is 0 Å². The van der Waals surface area contributed by atoms with Gasteiger partial charge in [0.15, 0.2) is 5.69 Å². The Morgan fingerprint density at radius 3 is 3.03 bits per heavy atom. The van der Waals surface area contributed by atoms with Crippen LogP contribution in [0, 0.1) is 0 Å². The maximum atomic E-state index is 12.2. The molecule has 146 valence electrons. The van der Waals surface area contributed by atoms with Crippen LogP contribution in [0.15, 0.2) is 59.5 Å². The summed E-state index contributed by atoms with van der Waals surface area (Å²) in [6.45, 7) is 0.815. The van der Waals surface area contributed by atoms with Crippen LogP contribution in [0.25, 0.3) is 23.0 Å². The number of amides is 1. The molecule has 0 saturated heterocycles. The lowest BCUT2D eigenvalue weighted by Crippen LogP contribution is -2.27. The highest BCUT2D eigenvalue weighted by atomic mass is 16.5. The first-order chi connectivity index (χ1) is 14.2. The molecule has 1 N–H and O–H groups in total. The number of aromatic nitrogens is 6. The minimum absolute atomic E-state index is 0.192. The van der Waals surface area contributed by atoms with Gasteiger partial charge in [0, 0.05) is 30.1 Å². The van der Waals surface area contributed by atoms with Crippen molar-refractivity contribution < 1.29 is 14.1 Å². The SMILES string of the molecule is COc1cccc(C(=O)NCCn2cc(-c3nc(-c4cccnc4)no3)nn2)c1. The molecule has 0 bridgehead atoms. The maximum absolute atomic E-state index is 12.2. The number of pyridine rings is 1. The number of hydrogen-bond acceptors (Lipinski definition) is 8. The van der Waals surface area contributed by atoms with E-state index in [-0.39, 0.29) is 11.8 Å². The van der Waals surface area contributed by atoms with Gasteiger partial charge in [-0.15, -0.1) is 5.10 Å². The molecule has 4 aromatic rings. The monoisotopic (exact) mass is 391 g/mol. The third-order valence-corrected chi connectivity index (χ3v) is 4.06. The molecule has 0 aliphatic rings. The number of benzene rings is 1. The fourth-order valence-corrected chi connectivity index (χ4v) is 2.60. The molecule has 0 atom stereocenters. The molecule has 0 radical (unpaired) electrons. The van der Waals surface area contributed by atoms with Crippen molar-refractivity contribution in [2.24, 2.45) is 0 Å². The van der Waals surface area contributed by atoms with E-state index in [4.69, 9.17) is 9.26 Å². The molecule has 0 unspecified atom stereocenters. The molecule has 10 heteroatoms. The second kappa shape index (κ2) is 8.30. The Bertz CT molecular complexity index is 1110. The Hall–Kier alpha value is -4.08. The van der Waals surface area contributed by atoms with E-state index >= 15 is 0 Å². The summed E-state index contributed by atoms with van der Waals surface area (Å²) in [6, 6.07) is 10.6. The molecule has 0 fully saturated rings. The number of nitrogens with one attached hydrogen (secondary N) is 1. The van der Waals surface area contributed by atoms with Crippen molar-refractivity contribution in [2.75, 3.05) is 13.7 Å². The molecule has 0 aliphatic carbocycles. The second-order valence-electron chi connectivity index (χ2n) is 6.02. The van der Waals surface area contributed by atoms with Crippen LogP contribution < -0.4 is 10.1 Å². The van der Waals surface area contributed by atoms with Gasteiger partial charge in [0.25, 0.3) is 11.8 Å². The number of nitrogens with zero attached hydrogens (tertiary/aromatic N) is 6. The van der Waals surface area contributed by atoms with Gasteiger partial charge < -0.3 is 14.6 Å². The van der Waals surface area contributed by atoms with Crippen molar-refractivity contribution in [3.05, 3.63) is 60.6 Å². The molecule has 3 aromatic heterocycles. The highest BCUT2D eigenvalue weighted by Crippen LogP contribution is 2.19. The van der Waals surface area contributed by atoms with Crippen LogP contribution in [0.1, 0.15) is 10.4 Å². The highest BCUT2D eigenvalue weighted by molar-refractivity contribution is 5.94. The second-order valence-corrected chi connectivity index (χ2v) is 6.02. The lowest BCUT2D eigenvalue weighted by molar-refractivity contribution is 0.0951. The molecule has 4 rings (SSSR count). The number of rotatable bonds is 7. The molecule has 10 nitrogen and oxygen atoms in total. The Kier molecular flexibility index (Phi) is 5.23. The summed E-state index contributed by atoms with van der Waals surface area (Å²) in [5.74, 6) is 1.12. The maximum Gasteiger partial charge on any atom is 0.280 e. The summed E-state index contributed by atoms with van der Waals surface area (Å²) in [5.41, 5.74) is 1.72. The Labute approximate surface area is 165 Å². The predicted molar refractivity (Wildman–Crippen MR) is 102 cm³/mol. The minimum Gasteiger partial charge on any atom is -0.497 e. The molecule has 3 heterocycles. The number of ether oxygens (including phenoxy) is 1. The summed E-state index contributed by atoms with van der Waals surface area (Å²) in [7, 11) is 1.56. The molecule has 0 aliphatic heterocycles. The predicted octanol–water partition coefficient (Wildman–Crippen LogP) is 1.83. The average molecular weight is 391 g/mol. The summed E-state index contributed by atoms with van der Waals surface area (Å²) in [4.78, 5) is 20.6. The summed E-state index contributed by atoms with van der Waals surface area (Å²) in [6.07, 6.45) is 5.00. The fraction of sp³-hybridized carbons (Fsp3) is 0.158. The van der Waals surface area contributed by atoms with Gasteiger partial charge in [-0.3, -0.25) is 9.78 Å². The van der Waals surface area contributed by atoms with Crippen molar-refractivity contribution in [1.82, 2.24) is 35.4 Å². The Morgan fingerprint density at radius 1 is 1.28 bits per heavy atom. The molecule has 0 saturated carbocycles. The molecular formula is C19H17N7O3. The number of hydrogen-bond donors (Lipinski definition) is 1. The van der Waals surface area contributed by atoms with E-state index in [2.05, 4.69) is 30.8 Å². The lowest BCUT2D eigenvalue weighted by Gasteiger charge is -2.06. The van der Waals surface area contributed by atoms with Crippen LogP contribution in [-0.4, -0.2) is 49.7 Å². The zero-order chi connectivity index (χ0) is 20.1. The largest absolute Gasteiger partial charge is 0.497 e. The van der Waals surface area contributed by atoms with Gasteiger partial charge in [0.05, 0.1) is 19.9 Å². The first-order valence-electron chi connectivity index (χ1n) is 8.80. The van der Waals surface area contributed by atoms with E-state index in [0.717, 1.165) is 5.56 Å². The van der Waals surface area contributed by atoms with Crippen molar-refractivity contribution in [1.29, 1.82) is 0 Å². The highest BCUT2D eigenvalue weighted by Gasteiger charge is 2.14. The molecule has 29 heavy (non-hydrogen) atoms. The quantitative estimate of drug-likeness (QED) is 0.506. The van der Waals surface area contributed by atoms with Crippen molar-refractivity contribution in [3.63, 3.8) is 0 Å². The van der Waals surface area contributed by atoms with Gasteiger partial charge in [0.2, 0.25) is 5.82 Å². The number of carbonyl (C=O) groups is 1. The fourth-order valence-electron chi connectivity index (χ4n) is 2.60. The van der Waals surface area contributed by atoms with Crippen LogP contribution in [0.2, 0.25) is 0 Å². The van der Waals surface area contributed by atoms with E-state index in [9.17, 15) is 4.79 Å². The van der Waals surface area contributed by atoms with Crippen molar-refractivity contribution >= 4 is 5.91 Å². The Morgan fingerprint density at radius 2 is 2.21 bits per heavy atom. The van der Waals surface area contributed by atoms with Gasteiger partial charge >= 0.3 is 0 Å². The standard InChI is InChI=1S/C19H17N7O3/c1-28-15-6-2-4-13(10-15)18(27)21-8-9-26-12-16(23-25-26)19-22-17(24-29-19)14-5-3-7-20-11-14/h2-7,10-12H,8-9H2,1H3,(H,21,27). The summed E-state index contributed by atoms with van der Waals surface area (Å²) in [5, 5.41) is 14.8. The van der Waals surface area contributed by atoms with Crippen LogP contribution in [-0.2, 0) is 6.54 Å². The van der Waals surface area contributed by atoms with Crippen molar-refractivity contribution in [2.45, 2.75) is 6.54 Å². The normalized spacial score (nSPS) is 10.7. The van der Waals surface area contributed by atoms with E-state index in [1.165, 1.54) is 0 Å². The van der Waals surface area contributed by atoms with Gasteiger partial charge in [-0.05, 0) is 30.3 Å². The zero-order valence-electron chi connectivity index (χ0n) is 15.5. The molecule has 0 spiro atoms. The summed E-state index contributed by atoms with van der Waals surface area (Å²) >= 11 is 0. The number of carbonyl (C=O) groups excluding carboxylic acids is 1. The molecular weight excluding hydrogens is 374 g/mol. The third kappa shape index (κ3) is 4.26. The lowest BCUT2D eigenvalue weighted by atomic mass is 10.2. The first kappa shape index (κ1) is 18.3. The van der Waals surface area contributed by atoms with Crippen LogP contribution in [0.5, 0.6) is 5.75 Å². The average Bonchev–Trinajstić information content (AvgIpc) is 3.44. The minimum atomic E-state index is -0.192. The van der Waals surface area contributed by atoms with Gasteiger partial charge in [-0.1, -0.05) is 16.4 Å². The van der Waals surface area contributed by atoms with E-state index in [1.807, 2.05) is 6.07 Å². The van der Waals surface area contributed by atoms with E-state index in [1.54, 1.807) is 60.7 Å². The smallest absolute Gasteiger partial charge is 0.280 e. The van der Waals surface area contributed by atoms with Gasteiger partial charge in [-0.2, -0.15) is 4.98 Å². The molecule has 1 amide bonds.